The summed E-state index contributed by atoms with van der Waals surface area (Å²) in [6.45, 7) is 0. The van der Waals surface area contributed by atoms with E-state index in [1.165, 1.54) is 23.1 Å². The van der Waals surface area contributed by atoms with Crippen molar-refractivity contribution >= 4 is 45.3 Å². The highest BCUT2D eigenvalue weighted by Gasteiger charge is 2.31. The highest BCUT2D eigenvalue weighted by Crippen LogP contribution is 2.37. The van der Waals surface area contributed by atoms with Gasteiger partial charge in [-0.1, -0.05) is 36.4 Å². The third-order valence-electron chi connectivity index (χ3n) is 5.02. The Kier molecular flexibility index (Phi) is 5.83. The fraction of sp³-hybridized carbons (Fsp3) is 0.0400. The third-order valence-corrected chi connectivity index (χ3v) is 5.64. The second kappa shape index (κ2) is 8.72. The number of benzene rings is 3. The van der Waals surface area contributed by atoms with Gasteiger partial charge < -0.3 is 14.9 Å². The molecule has 32 heavy (non-hydrogen) atoms. The largest absolute Gasteiger partial charge is 0.507 e. The van der Waals surface area contributed by atoms with Crippen LogP contribution in [0.25, 0.3) is 11.8 Å². The van der Waals surface area contributed by atoms with E-state index in [1.807, 2.05) is 42.5 Å². The van der Waals surface area contributed by atoms with Gasteiger partial charge in [0.15, 0.2) is 0 Å². The van der Waals surface area contributed by atoms with Gasteiger partial charge in [-0.2, -0.15) is 0 Å². The number of aromatic hydroxyl groups is 1. The van der Waals surface area contributed by atoms with Crippen molar-refractivity contribution in [1.82, 2.24) is 0 Å². The smallest absolute Gasteiger partial charge is 0.339 e. The molecule has 0 fully saturated rings. The second-order valence-electron chi connectivity index (χ2n) is 7.04. The minimum absolute atomic E-state index is 0.278. The molecule has 0 radical (unpaired) electrons. The molecule has 0 aromatic heterocycles. The van der Waals surface area contributed by atoms with Gasteiger partial charge in [-0.05, 0) is 69.5 Å². The highest BCUT2D eigenvalue weighted by atomic mass is 79.9. The number of hydrogen-bond acceptors (Lipinski definition) is 4. The highest BCUT2D eigenvalue weighted by molar-refractivity contribution is 9.10. The maximum Gasteiger partial charge on any atom is 0.339 e. The molecule has 1 heterocycles. The van der Waals surface area contributed by atoms with Crippen LogP contribution in [0.4, 0.5) is 5.69 Å². The van der Waals surface area contributed by atoms with Crippen LogP contribution in [0.1, 0.15) is 21.5 Å². The average Bonchev–Trinajstić information content (AvgIpc) is 3.10. The van der Waals surface area contributed by atoms with Crippen LogP contribution in [0.15, 0.2) is 82.9 Å². The summed E-state index contributed by atoms with van der Waals surface area (Å²) in [6.07, 6.45) is 3.52. The number of carbonyl (C=O) groups is 2. The van der Waals surface area contributed by atoms with Crippen molar-refractivity contribution in [2.24, 2.45) is 0 Å². The van der Waals surface area contributed by atoms with Crippen molar-refractivity contribution in [3.63, 3.8) is 0 Å². The number of phenols is 1. The molecule has 3 aromatic rings. The van der Waals surface area contributed by atoms with Crippen molar-refractivity contribution in [2.75, 3.05) is 12.0 Å². The predicted octanol–water partition coefficient (Wildman–Crippen LogP) is 5.33. The first-order valence-corrected chi connectivity index (χ1v) is 10.4. The van der Waals surface area contributed by atoms with Gasteiger partial charge in [-0.25, -0.2) is 4.79 Å². The SMILES string of the molecule is COc1ccc(C=C2C=C(c3ccccc3)N(c3ccc(O)c(C(=O)O)c3)C2=O)cc1Br. The summed E-state index contributed by atoms with van der Waals surface area (Å²) in [5.74, 6) is -1.27. The van der Waals surface area contributed by atoms with E-state index in [0.29, 0.717) is 22.7 Å². The Morgan fingerprint density at radius 1 is 1.06 bits per heavy atom. The molecule has 3 aromatic carbocycles. The summed E-state index contributed by atoms with van der Waals surface area (Å²) < 4.78 is 6.02. The molecular weight excluding hydrogens is 474 g/mol. The molecule has 0 atom stereocenters. The molecule has 0 unspecified atom stereocenters. The van der Waals surface area contributed by atoms with Gasteiger partial charge in [-0.15, -0.1) is 0 Å². The van der Waals surface area contributed by atoms with Crippen molar-refractivity contribution in [3.05, 3.63) is 99.5 Å². The molecule has 0 bridgehead atoms. The van der Waals surface area contributed by atoms with Gasteiger partial charge in [0.2, 0.25) is 0 Å². The number of anilines is 1. The molecular formula is C25H18BrNO5. The molecule has 1 aliphatic rings. The fourth-order valence-electron chi connectivity index (χ4n) is 3.48. The molecule has 2 N–H and O–H groups in total. The van der Waals surface area contributed by atoms with E-state index >= 15 is 0 Å². The van der Waals surface area contributed by atoms with Crippen molar-refractivity contribution < 1.29 is 24.5 Å². The van der Waals surface area contributed by atoms with Crippen LogP contribution < -0.4 is 9.64 Å². The Labute approximate surface area is 192 Å². The number of ether oxygens (including phenoxy) is 1. The average molecular weight is 492 g/mol. The quantitative estimate of drug-likeness (QED) is 0.470. The lowest BCUT2D eigenvalue weighted by molar-refractivity contribution is -0.113. The molecule has 160 valence electrons. The lowest BCUT2D eigenvalue weighted by atomic mass is 10.1. The summed E-state index contributed by atoms with van der Waals surface area (Å²) in [5.41, 5.74) is 2.70. The first-order valence-electron chi connectivity index (χ1n) is 9.62. The third kappa shape index (κ3) is 4.02. The number of halogens is 1. The summed E-state index contributed by atoms with van der Waals surface area (Å²) in [5, 5.41) is 19.3. The van der Waals surface area contributed by atoms with Crippen LogP contribution in [-0.4, -0.2) is 29.2 Å². The van der Waals surface area contributed by atoms with E-state index in [0.717, 1.165) is 15.6 Å². The monoisotopic (exact) mass is 491 g/mol. The van der Waals surface area contributed by atoms with E-state index < -0.39 is 5.97 Å². The Bertz CT molecular complexity index is 1280. The van der Waals surface area contributed by atoms with Crippen LogP contribution in [0.5, 0.6) is 11.5 Å². The number of carboxylic acids is 1. The van der Waals surface area contributed by atoms with Crippen LogP contribution >= 0.6 is 15.9 Å². The number of rotatable bonds is 5. The van der Waals surface area contributed by atoms with Crippen molar-refractivity contribution in [3.8, 4) is 11.5 Å². The second-order valence-corrected chi connectivity index (χ2v) is 7.89. The molecule has 0 saturated carbocycles. The van der Waals surface area contributed by atoms with E-state index in [2.05, 4.69) is 15.9 Å². The number of nitrogens with zero attached hydrogens (tertiary/aromatic N) is 1. The normalized spacial score (nSPS) is 14.6. The maximum absolute atomic E-state index is 13.4. The number of methoxy groups -OCH3 is 1. The number of carboxylic acid groups (broad SMARTS) is 1. The molecule has 0 saturated heterocycles. The first kappa shape index (κ1) is 21.4. The molecule has 0 aliphatic carbocycles. The van der Waals surface area contributed by atoms with E-state index in [-0.39, 0.29) is 17.2 Å². The minimum Gasteiger partial charge on any atom is -0.507 e. The zero-order chi connectivity index (χ0) is 22.8. The summed E-state index contributed by atoms with van der Waals surface area (Å²) >= 11 is 3.45. The minimum atomic E-state index is -1.28. The van der Waals surface area contributed by atoms with Gasteiger partial charge in [0.05, 0.1) is 23.0 Å². The zero-order valence-corrected chi connectivity index (χ0v) is 18.5. The van der Waals surface area contributed by atoms with E-state index in [4.69, 9.17) is 4.74 Å². The van der Waals surface area contributed by atoms with Crippen molar-refractivity contribution in [2.45, 2.75) is 0 Å². The molecule has 7 heteroatoms. The standard InChI is InChI=1S/C25H18BrNO5/c1-32-23-10-7-15(12-20(23)26)11-17-13-21(16-5-3-2-4-6-16)27(24(17)29)18-8-9-22(28)19(14-18)25(30)31/h2-14,28H,1H3,(H,30,31). The van der Waals surface area contributed by atoms with E-state index in [1.54, 1.807) is 25.3 Å². The first-order chi connectivity index (χ1) is 15.4. The van der Waals surface area contributed by atoms with Gasteiger partial charge >= 0.3 is 5.97 Å². The molecule has 1 aliphatic heterocycles. The molecule has 6 nitrogen and oxygen atoms in total. The van der Waals surface area contributed by atoms with Crippen LogP contribution in [-0.2, 0) is 4.79 Å². The zero-order valence-electron chi connectivity index (χ0n) is 16.9. The summed E-state index contributed by atoms with van der Waals surface area (Å²) in [4.78, 5) is 26.4. The number of hydrogen-bond donors (Lipinski definition) is 2. The van der Waals surface area contributed by atoms with Gasteiger partial charge in [0, 0.05) is 5.57 Å². The van der Waals surface area contributed by atoms with E-state index in [9.17, 15) is 19.8 Å². The van der Waals surface area contributed by atoms with Crippen molar-refractivity contribution in [1.29, 1.82) is 0 Å². The van der Waals surface area contributed by atoms with Crippen LogP contribution in [0.2, 0.25) is 0 Å². The summed E-state index contributed by atoms with van der Waals surface area (Å²) in [7, 11) is 1.58. The van der Waals surface area contributed by atoms with Gasteiger partial charge in [0.25, 0.3) is 5.91 Å². The number of carbonyl (C=O) groups excluding carboxylic acids is 1. The summed E-state index contributed by atoms with van der Waals surface area (Å²) in [6, 6.07) is 18.9. The lowest BCUT2D eigenvalue weighted by Gasteiger charge is -2.21. The Hall–Kier alpha value is -3.84. The number of amides is 1. The lowest BCUT2D eigenvalue weighted by Crippen LogP contribution is -2.25. The van der Waals surface area contributed by atoms with Gasteiger partial charge in [0.1, 0.15) is 17.1 Å². The van der Waals surface area contributed by atoms with Crippen LogP contribution in [0, 0.1) is 0 Å². The topological polar surface area (TPSA) is 87.1 Å². The molecule has 4 rings (SSSR count). The molecule has 1 amide bonds. The molecule has 0 spiro atoms. The predicted molar refractivity (Wildman–Crippen MR) is 126 cm³/mol. The van der Waals surface area contributed by atoms with Crippen LogP contribution in [0.3, 0.4) is 0 Å². The maximum atomic E-state index is 13.4. The Morgan fingerprint density at radius 2 is 1.81 bits per heavy atom. The fourth-order valence-corrected chi connectivity index (χ4v) is 4.04. The van der Waals surface area contributed by atoms with Gasteiger partial charge in [-0.3, -0.25) is 9.69 Å². The number of aromatic carboxylic acids is 1. The Morgan fingerprint density at radius 3 is 2.47 bits per heavy atom. The Balaban J connectivity index is 1.83.